The molecule has 3 nitrogen and oxygen atoms in total. The van der Waals surface area contributed by atoms with E-state index in [2.05, 4.69) is 17.2 Å². The third kappa shape index (κ3) is 8.31. The topological polar surface area (TPSA) is 28.2 Å². The highest BCUT2D eigenvalue weighted by Crippen LogP contribution is 2.39. The maximum Gasteiger partial charge on any atom is 0.418 e. The van der Waals surface area contributed by atoms with Crippen molar-refractivity contribution in [2.75, 3.05) is 23.8 Å². The van der Waals surface area contributed by atoms with Gasteiger partial charge in [-0.15, -0.1) is 22.7 Å². The first kappa shape index (κ1) is 28.2. The molecule has 0 aliphatic carbocycles. The van der Waals surface area contributed by atoms with Crippen LogP contribution in [0.3, 0.4) is 0 Å². The number of nitrogens with one attached hydrogen (secondary N) is 1. The number of aromatic nitrogens is 1. The summed E-state index contributed by atoms with van der Waals surface area (Å²) in [6.07, 6.45) is 2.24. The Morgan fingerprint density at radius 1 is 1.00 bits per heavy atom. The van der Waals surface area contributed by atoms with E-state index < -0.39 is 11.7 Å². The molecule has 188 valence electrons. The van der Waals surface area contributed by atoms with E-state index in [1.54, 1.807) is 35.4 Å². The van der Waals surface area contributed by atoms with E-state index in [0.717, 1.165) is 29.8 Å². The molecule has 0 saturated heterocycles. The van der Waals surface area contributed by atoms with Crippen molar-refractivity contribution in [3.63, 3.8) is 0 Å². The number of unbranched alkanes of at least 4 members (excludes halogenated alkanes) is 5. The summed E-state index contributed by atoms with van der Waals surface area (Å²) in [5.41, 5.74) is 0.811. The van der Waals surface area contributed by atoms with Crippen LogP contribution >= 0.6 is 22.7 Å². The van der Waals surface area contributed by atoms with Crippen LogP contribution in [0.25, 0.3) is 10.6 Å². The van der Waals surface area contributed by atoms with Crippen LogP contribution in [0.15, 0.2) is 35.7 Å². The number of thiazole rings is 1. The molecular formula is C26H36F3N3S2. The van der Waals surface area contributed by atoms with Crippen molar-refractivity contribution in [3.05, 3.63) is 46.2 Å². The minimum absolute atomic E-state index is 0.213. The lowest BCUT2D eigenvalue weighted by atomic mass is 10.1. The average Bonchev–Trinajstić information content (AvgIpc) is 3.45. The summed E-state index contributed by atoms with van der Waals surface area (Å²) in [7, 11) is 1.74. The van der Waals surface area contributed by atoms with E-state index in [1.165, 1.54) is 41.5 Å². The molecule has 0 fully saturated rings. The molecule has 0 bridgehead atoms. The number of hydrogen-bond donors (Lipinski definition) is 1. The van der Waals surface area contributed by atoms with E-state index in [9.17, 15) is 13.2 Å². The zero-order valence-electron chi connectivity index (χ0n) is 20.8. The molecule has 0 spiro atoms. The first-order chi connectivity index (χ1) is 16.3. The maximum absolute atomic E-state index is 13.8. The Bertz CT molecular complexity index is 995. The average molecular weight is 512 g/mol. The van der Waals surface area contributed by atoms with Gasteiger partial charge in [-0.1, -0.05) is 52.9 Å². The zero-order valence-corrected chi connectivity index (χ0v) is 22.4. The Morgan fingerprint density at radius 3 is 2.35 bits per heavy atom. The zero-order chi connectivity index (χ0) is 25.1. The molecule has 0 aliphatic heterocycles. The van der Waals surface area contributed by atoms with E-state index in [-0.39, 0.29) is 5.69 Å². The molecule has 0 unspecified atom stereocenters. The van der Waals surface area contributed by atoms with Crippen molar-refractivity contribution in [1.82, 2.24) is 4.98 Å². The molecule has 0 saturated carbocycles. The van der Waals surface area contributed by atoms with E-state index in [0.29, 0.717) is 17.4 Å². The number of hydrogen-bond acceptors (Lipinski definition) is 5. The van der Waals surface area contributed by atoms with Gasteiger partial charge in [0.05, 0.1) is 16.1 Å². The van der Waals surface area contributed by atoms with Gasteiger partial charge in [0.1, 0.15) is 0 Å². The predicted octanol–water partition coefficient (Wildman–Crippen LogP) is 9.77. The molecule has 2 heterocycles. The summed E-state index contributed by atoms with van der Waals surface area (Å²) in [6, 6.07) is 8.47. The van der Waals surface area contributed by atoms with Gasteiger partial charge in [0.15, 0.2) is 5.13 Å². The lowest BCUT2D eigenvalue weighted by Crippen LogP contribution is -2.22. The minimum atomic E-state index is -4.43. The molecule has 3 rings (SSSR count). The van der Waals surface area contributed by atoms with Crippen molar-refractivity contribution in [1.29, 1.82) is 0 Å². The number of aryl methyl sites for hydroxylation is 1. The van der Waals surface area contributed by atoms with Gasteiger partial charge < -0.3 is 10.2 Å². The molecule has 0 amide bonds. The molecule has 0 atom stereocenters. The Hall–Kier alpha value is -2.06. The largest absolute Gasteiger partial charge is 0.418 e. The van der Waals surface area contributed by atoms with Crippen LogP contribution in [0, 0.1) is 6.92 Å². The lowest BCUT2D eigenvalue weighted by molar-refractivity contribution is -0.137. The second-order valence-electron chi connectivity index (χ2n) is 7.99. The normalized spacial score (nSPS) is 11.2. The van der Waals surface area contributed by atoms with Gasteiger partial charge in [-0.25, -0.2) is 4.98 Å². The standard InChI is InChI=1S/C24H30F3N3S2.C2H6/c1-4-5-6-7-8-9-14-30(3)21-12-11-18(15-19(21)24(25,26)27)28-23-29-20(16-31-23)22-13-10-17(2)32-22;1-2/h10-13,15-16H,4-9,14H2,1-3H3,(H,28,29);1-2H3. The van der Waals surface area contributed by atoms with Crippen molar-refractivity contribution in [2.45, 2.75) is 72.4 Å². The van der Waals surface area contributed by atoms with Gasteiger partial charge in [0.25, 0.3) is 0 Å². The summed E-state index contributed by atoms with van der Waals surface area (Å²) >= 11 is 3.03. The highest BCUT2D eigenvalue weighted by molar-refractivity contribution is 7.17. The molecule has 2 aromatic heterocycles. The van der Waals surface area contributed by atoms with Crippen LogP contribution in [0.1, 0.15) is 69.7 Å². The fraction of sp³-hybridized carbons (Fsp3) is 0.500. The number of thiophene rings is 1. The first-order valence-electron chi connectivity index (χ1n) is 12.0. The fourth-order valence-electron chi connectivity index (χ4n) is 3.56. The number of rotatable bonds is 11. The van der Waals surface area contributed by atoms with Crippen LogP contribution in [-0.4, -0.2) is 18.6 Å². The Kier molecular flexibility index (Phi) is 11.4. The van der Waals surface area contributed by atoms with Gasteiger partial charge >= 0.3 is 6.18 Å². The van der Waals surface area contributed by atoms with Crippen LogP contribution in [-0.2, 0) is 6.18 Å². The smallest absolute Gasteiger partial charge is 0.374 e. The molecule has 1 aromatic carbocycles. The Balaban J connectivity index is 0.00000199. The number of halogens is 3. The first-order valence-corrected chi connectivity index (χ1v) is 13.7. The summed E-state index contributed by atoms with van der Waals surface area (Å²) in [5.74, 6) is 0. The highest BCUT2D eigenvalue weighted by Gasteiger charge is 2.34. The third-order valence-corrected chi connectivity index (χ3v) is 7.09. The number of alkyl halides is 3. The van der Waals surface area contributed by atoms with Crippen LogP contribution in [0.5, 0.6) is 0 Å². The van der Waals surface area contributed by atoms with Gasteiger partial charge in [-0.05, 0) is 43.7 Å². The monoisotopic (exact) mass is 511 g/mol. The van der Waals surface area contributed by atoms with Crippen molar-refractivity contribution in [3.8, 4) is 10.6 Å². The maximum atomic E-state index is 13.8. The second kappa shape index (κ2) is 13.7. The van der Waals surface area contributed by atoms with E-state index in [4.69, 9.17) is 0 Å². The molecule has 0 aliphatic rings. The highest BCUT2D eigenvalue weighted by atomic mass is 32.1. The quantitative estimate of drug-likeness (QED) is 0.260. The van der Waals surface area contributed by atoms with E-state index >= 15 is 0 Å². The van der Waals surface area contributed by atoms with Crippen molar-refractivity contribution >= 4 is 39.2 Å². The predicted molar refractivity (Wildman–Crippen MR) is 143 cm³/mol. The Morgan fingerprint density at radius 2 is 1.71 bits per heavy atom. The van der Waals surface area contributed by atoms with E-state index in [1.807, 2.05) is 38.3 Å². The molecule has 3 aromatic rings. The second-order valence-corrected chi connectivity index (χ2v) is 10.1. The molecular weight excluding hydrogens is 475 g/mol. The number of benzene rings is 1. The van der Waals surface area contributed by atoms with Gasteiger partial charge in [-0.2, -0.15) is 13.2 Å². The van der Waals surface area contributed by atoms with Crippen molar-refractivity contribution < 1.29 is 13.2 Å². The fourth-order valence-corrected chi connectivity index (χ4v) is 5.20. The van der Waals surface area contributed by atoms with Gasteiger partial charge in [-0.3, -0.25) is 0 Å². The summed E-state index contributed by atoms with van der Waals surface area (Å²) < 4.78 is 41.5. The summed E-state index contributed by atoms with van der Waals surface area (Å²) in [6.45, 7) is 8.81. The van der Waals surface area contributed by atoms with Crippen LogP contribution in [0.4, 0.5) is 29.7 Å². The molecule has 34 heavy (non-hydrogen) atoms. The van der Waals surface area contributed by atoms with Crippen LogP contribution < -0.4 is 10.2 Å². The minimum Gasteiger partial charge on any atom is -0.374 e. The molecule has 8 heteroatoms. The van der Waals surface area contributed by atoms with Crippen LogP contribution in [0.2, 0.25) is 0 Å². The number of nitrogens with zero attached hydrogens (tertiary/aromatic N) is 2. The molecule has 1 N–H and O–H groups in total. The third-order valence-electron chi connectivity index (χ3n) is 5.31. The summed E-state index contributed by atoms with van der Waals surface area (Å²) in [4.78, 5) is 8.49. The SMILES string of the molecule is CC.CCCCCCCCN(C)c1ccc(Nc2nc(-c3ccc(C)s3)cs2)cc1C(F)(F)F. The number of anilines is 3. The van der Waals surface area contributed by atoms with Gasteiger partial charge in [0, 0.05) is 35.2 Å². The molecule has 0 radical (unpaired) electrons. The Labute approximate surface area is 210 Å². The summed E-state index contributed by atoms with van der Waals surface area (Å²) in [5, 5.41) is 5.54. The van der Waals surface area contributed by atoms with Gasteiger partial charge in [0.2, 0.25) is 0 Å². The lowest BCUT2D eigenvalue weighted by Gasteiger charge is -2.24. The van der Waals surface area contributed by atoms with Crippen molar-refractivity contribution in [2.24, 2.45) is 0 Å².